The lowest BCUT2D eigenvalue weighted by atomic mass is 10.00. The Morgan fingerprint density at radius 3 is 2.41 bits per heavy atom. The second kappa shape index (κ2) is 9.31. The molecule has 1 amide bonds. The first-order valence-corrected chi connectivity index (χ1v) is 12.0. The summed E-state index contributed by atoms with van der Waals surface area (Å²) in [4.78, 5) is 21.7. The number of halogens is 1. The van der Waals surface area contributed by atoms with Crippen LogP contribution in [0.5, 0.6) is 0 Å². The van der Waals surface area contributed by atoms with E-state index in [-0.39, 0.29) is 17.4 Å². The summed E-state index contributed by atoms with van der Waals surface area (Å²) < 4.78 is 20.8. The maximum atomic E-state index is 13.6. The van der Waals surface area contributed by atoms with Gasteiger partial charge in [-0.3, -0.25) is 9.69 Å². The van der Waals surface area contributed by atoms with Crippen molar-refractivity contribution in [2.75, 3.05) is 44.3 Å². The standard InChI is InChI=1S/C25H31FN6O2/c1-16(2)23-22-21(31-9-7-18(8-10-31)30-11-13-34-14-12-30)15-20(24(27)33)28-25(22)32(29-23)19-5-3-17(26)4-6-19/h3-6,15-16,18H,7-14H2,1-2H3,(H2,27,33). The maximum Gasteiger partial charge on any atom is 0.267 e. The number of carbonyl (C=O) groups is 1. The zero-order valence-corrected chi connectivity index (χ0v) is 19.7. The first-order valence-electron chi connectivity index (χ1n) is 12.0. The molecule has 0 spiro atoms. The quantitative estimate of drug-likeness (QED) is 0.622. The molecule has 2 N–H and O–H groups in total. The minimum atomic E-state index is -0.579. The number of carbonyl (C=O) groups excluding carboxylic acids is 1. The summed E-state index contributed by atoms with van der Waals surface area (Å²) in [5.41, 5.74) is 8.97. The summed E-state index contributed by atoms with van der Waals surface area (Å²) in [7, 11) is 0. The Kier molecular flexibility index (Phi) is 6.22. The molecular weight excluding hydrogens is 435 g/mol. The third-order valence-electron chi connectivity index (χ3n) is 6.88. The lowest BCUT2D eigenvalue weighted by molar-refractivity contribution is 0.0115. The predicted molar refractivity (Wildman–Crippen MR) is 129 cm³/mol. The SMILES string of the molecule is CC(C)c1nn(-c2ccc(F)cc2)c2nc(C(N)=O)cc(N3CCC(N4CCOCC4)CC3)c12. The van der Waals surface area contributed by atoms with Gasteiger partial charge in [-0.1, -0.05) is 13.8 Å². The number of pyridine rings is 1. The fourth-order valence-corrected chi connectivity index (χ4v) is 5.08. The van der Waals surface area contributed by atoms with E-state index in [0.717, 1.165) is 69.0 Å². The van der Waals surface area contributed by atoms with Crippen LogP contribution in [0.15, 0.2) is 30.3 Å². The Morgan fingerprint density at radius 2 is 1.79 bits per heavy atom. The number of fused-ring (bicyclic) bond motifs is 1. The molecule has 5 rings (SSSR count). The first-order chi connectivity index (χ1) is 16.4. The van der Waals surface area contributed by atoms with Crippen LogP contribution in [0, 0.1) is 5.82 Å². The molecule has 4 heterocycles. The average Bonchev–Trinajstić information content (AvgIpc) is 3.25. The minimum Gasteiger partial charge on any atom is -0.379 e. The van der Waals surface area contributed by atoms with Crippen LogP contribution in [0.25, 0.3) is 16.7 Å². The smallest absolute Gasteiger partial charge is 0.267 e. The van der Waals surface area contributed by atoms with E-state index in [1.54, 1.807) is 16.8 Å². The fourth-order valence-electron chi connectivity index (χ4n) is 5.08. The topological polar surface area (TPSA) is 89.5 Å². The summed E-state index contributed by atoms with van der Waals surface area (Å²) >= 11 is 0. The largest absolute Gasteiger partial charge is 0.379 e. The highest BCUT2D eigenvalue weighted by molar-refractivity contribution is 6.00. The lowest BCUT2D eigenvalue weighted by Gasteiger charge is -2.41. The second-order valence-electron chi connectivity index (χ2n) is 9.38. The number of amides is 1. The number of primary amides is 1. The van der Waals surface area contributed by atoms with Crippen molar-refractivity contribution in [1.29, 1.82) is 0 Å². The van der Waals surface area contributed by atoms with Crippen LogP contribution in [0.3, 0.4) is 0 Å². The highest BCUT2D eigenvalue weighted by Gasteiger charge is 2.29. The van der Waals surface area contributed by atoms with Crippen molar-refractivity contribution in [3.63, 3.8) is 0 Å². The number of piperidine rings is 1. The lowest BCUT2D eigenvalue weighted by Crippen LogP contribution is -2.49. The second-order valence-corrected chi connectivity index (χ2v) is 9.38. The number of aromatic nitrogens is 3. The predicted octanol–water partition coefficient (Wildman–Crippen LogP) is 3.08. The van der Waals surface area contributed by atoms with E-state index < -0.39 is 5.91 Å². The highest BCUT2D eigenvalue weighted by atomic mass is 19.1. The number of nitrogens with two attached hydrogens (primary N) is 1. The molecule has 34 heavy (non-hydrogen) atoms. The molecule has 8 nitrogen and oxygen atoms in total. The van der Waals surface area contributed by atoms with Crippen LogP contribution in [-0.4, -0.2) is 71.0 Å². The van der Waals surface area contributed by atoms with Gasteiger partial charge in [-0.2, -0.15) is 5.10 Å². The fraction of sp³-hybridized carbons (Fsp3) is 0.480. The van der Waals surface area contributed by atoms with Gasteiger partial charge >= 0.3 is 0 Å². The summed E-state index contributed by atoms with van der Waals surface area (Å²) in [6.07, 6.45) is 2.08. The van der Waals surface area contributed by atoms with E-state index in [2.05, 4.69) is 28.6 Å². The monoisotopic (exact) mass is 466 g/mol. The normalized spacial score (nSPS) is 18.2. The van der Waals surface area contributed by atoms with Gasteiger partial charge in [-0.25, -0.2) is 14.1 Å². The zero-order valence-electron chi connectivity index (χ0n) is 19.7. The number of benzene rings is 1. The number of nitrogens with zero attached hydrogens (tertiary/aromatic N) is 5. The molecular formula is C25H31FN6O2. The molecule has 180 valence electrons. The Labute approximate surface area is 198 Å². The van der Waals surface area contributed by atoms with Crippen LogP contribution in [0.2, 0.25) is 0 Å². The summed E-state index contributed by atoms with van der Waals surface area (Å²) in [5, 5.41) is 5.79. The van der Waals surface area contributed by atoms with Crippen molar-refractivity contribution in [2.24, 2.45) is 5.73 Å². The molecule has 0 atom stereocenters. The van der Waals surface area contributed by atoms with Crippen LogP contribution in [0.1, 0.15) is 48.8 Å². The third-order valence-corrected chi connectivity index (χ3v) is 6.88. The van der Waals surface area contributed by atoms with Crippen molar-refractivity contribution >= 4 is 22.6 Å². The van der Waals surface area contributed by atoms with Gasteiger partial charge in [0.1, 0.15) is 11.5 Å². The Hall–Kier alpha value is -3.04. The molecule has 2 fully saturated rings. The molecule has 0 saturated carbocycles. The van der Waals surface area contributed by atoms with Gasteiger partial charge in [0.2, 0.25) is 0 Å². The number of ether oxygens (including phenoxy) is 1. The van der Waals surface area contributed by atoms with E-state index in [1.165, 1.54) is 12.1 Å². The van der Waals surface area contributed by atoms with Gasteiger partial charge < -0.3 is 15.4 Å². The van der Waals surface area contributed by atoms with Crippen LogP contribution < -0.4 is 10.6 Å². The molecule has 0 aliphatic carbocycles. The molecule has 2 aliphatic heterocycles. The molecule has 0 radical (unpaired) electrons. The summed E-state index contributed by atoms with van der Waals surface area (Å²) in [6.45, 7) is 9.49. The molecule has 9 heteroatoms. The first kappa shape index (κ1) is 22.7. The summed E-state index contributed by atoms with van der Waals surface area (Å²) in [5.74, 6) is -0.765. The Morgan fingerprint density at radius 1 is 1.12 bits per heavy atom. The van der Waals surface area contributed by atoms with Gasteiger partial charge in [-0.15, -0.1) is 0 Å². The van der Waals surface area contributed by atoms with Gasteiger partial charge in [0.15, 0.2) is 5.65 Å². The van der Waals surface area contributed by atoms with Gasteiger partial charge in [0.25, 0.3) is 5.91 Å². The molecule has 1 aromatic carbocycles. The van der Waals surface area contributed by atoms with Crippen molar-refractivity contribution in [3.8, 4) is 5.69 Å². The number of rotatable bonds is 5. The number of anilines is 1. The maximum absolute atomic E-state index is 13.6. The van der Waals surface area contributed by atoms with Crippen LogP contribution >= 0.6 is 0 Å². The molecule has 0 unspecified atom stereocenters. The average molecular weight is 467 g/mol. The van der Waals surface area contributed by atoms with Crippen molar-refractivity contribution < 1.29 is 13.9 Å². The Bertz CT molecular complexity index is 1180. The number of hydrogen-bond acceptors (Lipinski definition) is 6. The van der Waals surface area contributed by atoms with E-state index in [9.17, 15) is 9.18 Å². The van der Waals surface area contributed by atoms with Crippen molar-refractivity contribution in [2.45, 2.75) is 38.6 Å². The van der Waals surface area contributed by atoms with E-state index in [1.807, 2.05) is 6.07 Å². The van der Waals surface area contributed by atoms with Gasteiger partial charge in [-0.05, 0) is 49.1 Å². The third kappa shape index (κ3) is 4.25. The van der Waals surface area contributed by atoms with Crippen LogP contribution in [0.4, 0.5) is 10.1 Å². The van der Waals surface area contributed by atoms with Gasteiger partial charge in [0, 0.05) is 32.2 Å². The van der Waals surface area contributed by atoms with E-state index in [4.69, 9.17) is 15.6 Å². The van der Waals surface area contributed by atoms with Crippen molar-refractivity contribution in [3.05, 3.63) is 47.5 Å². The molecule has 2 aromatic heterocycles. The number of morpholine rings is 1. The summed E-state index contributed by atoms with van der Waals surface area (Å²) in [6, 6.07) is 8.47. The molecule has 3 aromatic rings. The number of hydrogen-bond donors (Lipinski definition) is 1. The minimum absolute atomic E-state index is 0.134. The van der Waals surface area contributed by atoms with E-state index in [0.29, 0.717) is 17.4 Å². The Balaban J connectivity index is 1.57. The highest BCUT2D eigenvalue weighted by Crippen LogP contribution is 2.36. The molecule has 0 bridgehead atoms. The van der Waals surface area contributed by atoms with Crippen LogP contribution in [-0.2, 0) is 4.74 Å². The van der Waals surface area contributed by atoms with Crippen molar-refractivity contribution in [1.82, 2.24) is 19.7 Å². The molecule has 2 aliphatic rings. The zero-order chi connectivity index (χ0) is 23.8. The molecule has 2 saturated heterocycles. The van der Waals surface area contributed by atoms with Gasteiger partial charge in [0.05, 0.1) is 35.7 Å². The van der Waals surface area contributed by atoms with E-state index >= 15 is 0 Å².